The van der Waals surface area contributed by atoms with Gasteiger partial charge in [-0.25, -0.2) is 4.79 Å². The summed E-state index contributed by atoms with van der Waals surface area (Å²) in [5, 5.41) is 16.3. The predicted molar refractivity (Wildman–Crippen MR) is 105 cm³/mol. The lowest BCUT2D eigenvalue weighted by Crippen LogP contribution is -2.22. The number of carbonyl (C=O) groups is 1. The van der Waals surface area contributed by atoms with E-state index < -0.39 is 5.97 Å². The molecule has 5 heteroatoms. The lowest BCUT2D eigenvalue weighted by atomic mass is 9.76. The van der Waals surface area contributed by atoms with Crippen LogP contribution in [0.5, 0.6) is 0 Å². The number of rotatable bonds is 5. The van der Waals surface area contributed by atoms with Crippen molar-refractivity contribution in [3.63, 3.8) is 0 Å². The fourth-order valence-electron chi connectivity index (χ4n) is 3.62. The minimum absolute atomic E-state index is 0.163. The Kier molecular flexibility index (Phi) is 4.89. The summed E-state index contributed by atoms with van der Waals surface area (Å²) in [5.41, 5.74) is 4.87. The molecule has 0 aliphatic heterocycles. The number of thiophene rings is 1. The van der Waals surface area contributed by atoms with Crippen molar-refractivity contribution in [2.45, 2.75) is 39.7 Å². The van der Waals surface area contributed by atoms with E-state index in [1.165, 1.54) is 4.88 Å². The maximum atomic E-state index is 12.1. The monoisotopic (exact) mass is 358 g/mol. The molecule has 1 heterocycles. The average molecular weight is 359 g/mol. The van der Waals surface area contributed by atoms with Gasteiger partial charge in [0.05, 0.1) is 5.56 Å². The van der Waals surface area contributed by atoms with Gasteiger partial charge in [0.15, 0.2) is 0 Å². The number of anilines is 1. The Bertz CT molecular complexity index is 808. The van der Waals surface area contributed by atoms with Crippen LogP contribution in [0.15, 0.2) is 18.2 Å². The number of hydrogen-bond acceptors (Lipinski definition) is 4. The third-order valence-electron chi connectivity index (χ3n) is 5.00. The van der Waals surface area contributed by atoms with Crippen molar-refractivity contribution in [3.8, 4) is 10.4 Å². The molecule has 0 radical (unpaired) electrons. The lowest BCUT2D eigenvalue weighted by molar-refractivity contribution is 0.0696. The van der Waals surface area contributed by atoms with Crippen LogP contribution in [0.2, 0.25) is 0 Å². The summed E-state index contributed by atoms with van der Waals surface area (Å²) in [6.07, 6.45) is 2.92. The van der Waals surface area contributed by atoms with E-state index >= 15 is 0 Å². The number of aryl methyl sites for hydroxylation is 1. The topological polar surface area (TPSA) is 61.4 Å². The maximum Gasteiger partial charge on any atom is 0.337 e. The fraction of sp³-hybridized carbons (Fsp3) is 0.450. The Hall–Kier alpha value is -1.85. The molecule has 25 heavy (non-hydrogen) atoms. The van der Waals surface area contributed by atoms with E-state index in [0.29, 0.717) is 12.1 Å². The SMILES string of the molecule is CNCc1ccc(NC)cc1-c1sc2c(c1C(=O)O)CC(C)(C)CC2. The summed E-state index contributed by atoms with van der Waals surface area (Å²) < 4.78 is 0. The molecule has 1 aliphatic rings. The van der Waals surface area contributed by atoms with Crippen molar-refractivity contribution in [2.24, 2.45) is 5.41 Å². The zero-order valence-corrected chi connectivity index (χ0v) is 16.1. The number of carboxylic acids is 1. The molecule has 0 spiro atoms. The van der Waals surface area contributed by atoms with Crippen molar-refractivity contribution >= 4 is 23.0 Å². The minimum Gasteiger partial charge on any atom is -0.478 e. The molecule has 134 valence electrons. The average Bonchev–Trinajstić information content (AvgIpc) is 2.92. The normalized spacial score (nSPS) is 15.7. The second-order valence-electron chi connectivity index (χ2n) is 7.51. The van der Waals surface area contributed by atoms with Gasteiger partial charge in [0.2, 0.25) is 0 Å². The first-order valence-corrected chi connectivity index (χ1v) is 9.51. The molecular weight excluding hydrogens is 332 g/mol. The first-order valence-electron chi connectivity index (χ1n) is 8.70. The van der Waals surface area contributed by atoms with Gasteiger partial charge in [-0.1, -0.05) is 19.9 Å². The smallest absolute Gasteiger partial charge is 0.337 e. The summed E-state index contributed by atoms with van der Waals surface area (Å²) in [7, 11) is 3.80. The summed E-state index contributed by atoms with van der Waals surface area (Å²) in [6, 6.07) is 6.18. The molecule has 0 saturated carbocycles. The second-order valence-corrected chi connectivity index (χ2v) is 8.61. The number of benzene rings is 1. The standard InChI is InChI=1S/C20H26N2O2S/c1-20(2)8-7-16-15(10-20)17(19(23)24)18(25-16)14-9-13(22-4)6-5-12(14)11-21-3/h5-6,9,21-22H,7-8,10-11H2,1-4H3,(H,23,24). The van der Waals surface area contributed by atoms with E-state index in [9.17, 15) is 9.90 Å². The number of aromatic carboxylic acids is 1. The molecule has 0 saturated heterocycles. The lowest BCUT2D eigenvalue weighted by Gasteiger charge is -2.29. The molecule has 0 atom stereocenters. The Balaban J connectivity index is 2.21. The highest BCUT2D eigenvalue weighted by Crippen LogP contribution is 2.46. The van der Waals surface area contributed by atoms with Crippen LogP contribution in [0.25, 0.3) is 10.4 Å². The molecule has 4 nitrogen and oxygen atoms in total. The van der Waals surface area contributed by atoms with Gasteiger partial charge in [-0.3, -0.25) is 0 Å². The van der Waals surface area contributed by atoms with E-state index in [4.69, 9.17) is 0 Å². The van der Waals surface area contributed by atoms with Crippen molar-refractivity contribution in [3.05, 3.63) is 39.8 Å². The highest BCUT2D eigenvalue weighted by molar-refractivity contribution is 7.16. The van der Waals surface area contributed by atoms with E-state index in [2.05, 4.69) is 36.6 Å². The number of carboxylic acid groups (broad SMARTS) is 1. The van der Waals surface area contributed by atoms with Gasteiger partial charge in [-0.15, -0.1) is 11.3 Å². The van der Waals surface area contributed by atoms with Gasteiger partial charge in [0.1, 0.15) is 0 Å². The van der Waals surface area contributed by atoms with Crippen LogP contribution in [-0.2, 0) is 19.4 Å². The predicted octanol–water partition coefficient (Wildman–Crippen LogP) is 4.39. The number of fused-ring (bicyclic) bond motifs is 1. The number of hydrogen-bond donors (Lipinski definition) is 3. The van der Waals surface area contributed by atoms with Gasteiger partial charge < -0.3 is 15.7 Å². The fourth-order valence-corrected chi connectivity index (χ4v) is 4.98. The molecule has 1 aromatic carbocycles. The van der Waals surface area contributed by atoms with Crippen LogP contribution in [0.3, 0.4) is 0 Å². The molecule has 2 aromatic rings. The molecule has 0 bridgehead atoms. The molecule has 1 aromatic heterocycles. The molecule has 0 unspecified atom stereocenters. The third kappa shape index (κ3) is 3.44. The van der Waals surface area contributed by atoms with Crippen LogP contribution in [0.4, 0.5) is 5.69 Å². The zero-order valence-electron chi connectivity index (χ0n) is 15.3. The van der Waals surface area contributed by atoms with Gasteiger partial charge in [0, 0.05) is 29.0 Å². The maximum absolute atomic E-state index is 12.1. The van der Waals surface area contributed by atoms with Crippen LogP contribution < -0.4 is 10.6 Å². The first kappa shape index (κ1) is 18.0. The second kappa shape index (κ2) is 6.81. The largest absolute Gasteiger partial charge is 0.478 e. The molecule has 3 rings (SSSR count). The Morgan fingerprint density at radius 3 is 2.72 bits per heavy atom. The third-order valence-corrected chi connectivity index (χ3v) is 6.32. The first-order chi connectivity index (χ1) is 11.9. The molecular formula is C20H26N2O2S. The van der Waals surface area contributed by atoms with Gasteiger partial charge in [-0.05, 0) is 60.5 Å². The van der Waals surface area contributed by atoms with E-state index in [0.717, 1.165) is 46.5 Å². The highest BCUT2D eigenvalue weighted by Gasteiger charge is 2.33. The number of nitrogens with one attached hydrogen (secondary N) is 2. The summed E-state index contributed by atoms with van der Waals surface area (Å²) in [6.45, 7) is 5.17. The highest BCUT2D eigenvalue weighted by atomic mass is 32.1. The van der Waals surface area contributed by atoms with Gasteiger partial charge >= 0.3 is 5.97 Å². The zero-order chi connectivity index (χ0) is 18.2. The molecule has 3 N–H and O–H groups in total. The Morgan fingerprint density at radius 1 is 1.32 bits per heavy atom. The Labute approximate surface area is 153 Å². The van der Waals surface area contributed by atoms with E-state index in [-0.39, 0.29) is 5.41 Å². The summed E-state index contributed by atoms with van der Waals surface area (Å²) >= 11 is 1.67. The van der Waals surface area contributed by atoms with E-state index in [1.807, 2.05) is 20.2 Å². The van der Waals surface area contributed by atoms with Gasteiger partial charge in [0.25, 0.3) is 0 Å². The summed E-state index contributed by atoms with van der Waals surface area (Å²) in [4.78, 5) is 14.3. The van der Waals surface area contributed by atoms with Crippen LogP contribution >= 0.6 is 11.3 Å². The van der Waals surface area contributed by atoms with Crippen molar-refractivity contribution in [2.75, 3.05) is 19.4 Å². The molecule has 1 aliphatic carbocycles. The van der Waals surface area contributed by atoms with Crippen LogP contribution in [0.1, 0.15) is 46.6 Å². The molecule has 0 amide bonds. The summed E-state index contributed by atoms with van der Waals surface area (Å²) in [5.74, 6) is -0.810. The van der Waals surface area contributed by atoms with Crippen LogP contribution in [-0.4, -0.2) is 25.2 Å². The molecule has 0 fully saturated rings. The quantitative estimate of drug-likeness (QED) is 0.742. The minimum atomic E-state index is -0.810. The van der Waals surface area contributed by atoms with Crippen molar-refractivity contribution < 1.29 is 9.90 Å². The van der Waals surface area contributed by atoms with Crippen molar-refractivity contribution in [1.82, 2.24) is 5.32 Å². The van der Waals surface area contributed by atoms with E-state index in [1.54, 1.807) is 11.3 Å². The van der Waals surface area contributed by atoms with Crippen molar-refractivity contribution in [1.29, 1.82) is 0 Å². The Morgan fingerprint density at radius 2 is 2.08 bits per heavy atom. The van der Waals surface area contributed by atoms with Gasteiger partial charge in [-0.2, -0.15) is 0 Å². The van der Waals surface area contributed by atoms with Crippen LogP contribution in [0, 0.1) is 5.41 Å².